The van der Waals surface area contributed by atoms with Crippen LogP contribution in [0.25, 0.3) is 11.4 Å². The van der Waals surface area contributed by atoms with Crippen molar-refractivity contribution >= 4 is 17.7 Å². The predicted octanol–water partition coefficient (Wildman–Crippen LogP) is 2.58. The first-order chi connectivity index (χ1) is 12.1. The SMILES string of the molecule is C[C@@H]1CCCC[C@@H]1NC(=O)CSc1nnc(-c2ccccc2F)n1N. The number of halogens is 1. The molecule has 0 unspecified atom stereocenters. The summed E-state index contributed by atoms with van der Waals surface area (Å²) in [4.78, 5) is 12.2. The van der Waals surface area contributed by atoms with Crippen LogP contribution in [-0.4, -0.2) is 32.6 Å². The normalized spacial score (nSPS) is 20.4. The molecule has 0 saturated heterocycles. The first kappa shape index (κ1) is 17.7. The van der Waals surface area contributed by atoms with Crippen LogP contribution in [0.3, 0.4) is 0 Å². The number of thioether (sulfide) groups is 1. The fourth-order valence-electron chi connectivity index (χ4n) is 3.11. The van der Waals surface area contributed by atoms with Gasteiger partial charge in [-0.2, -0.15) is 0 Å². The van der Waals surface area contributed by atoms with E-state index in [0.29, 0.717) is 11.1 Å². The third-order valence-corrected chi connectivity index (χ3v) is 5.51. The van der Waals surface area contributed by atoms with Crippen LogP contribution in [0, 0.1) is 11.7 Å². The number of nitrogen functional groups attached to an aromatic ring is 1. The largest absolute Gasteiger partial charge is 0.352 e. The van der Waals surface area contributed by atoms with Crippen LogP contribution < -0.4 is 11.2 Å². The molecule has 0 bridgehead atoms. The van der Waals surface area contributed by atoms with Crippen molar-refractivity contribution in [1.29, 1.82) is 0 Å². The fourth-order valence-corrected chi connectivity index (χ4v) is 3.78. The second-order valence-electron chi connectivity index (χ2n) is 6.38. The predicted molar refractivity (Wildman–Crippen MR) is 95.9 cm³/mol. The van der Waals surface area contributed by atoms with E-state index in [9.17, 15) is 9.18 Å². The molecule has 25 heavy (non-hydrogen) atoms. The number of nitrogens with two attached hydrogens (primary N) is 1. The summed E-state index contributed by atoms with van der Waals surface area (Å²) in [6.07, 6.45) is 4.58. The maximum Gasteiger partial charge on any atom is 0.230 e. The van der Waals surface area contributed by atoms with Crippen molar-refractivity contribution in [3.8, 4) is 11.4 Å². The third-order valence-electron chi connectivity index (χ3n) is 4.57. The molecule has 1 aromatic carbocycles. The molecule has 1 fully saturated rings. The molecule has 1 aliphatic carbocycles. The second kappa shape index (κ2) is 7.86. The Hall–Kier alpha value is -2.09. The average molecular weight is 363 g/mol. The summed E-state index contributed by atoms with van der Waals surface area (Å²) in [5.74, 6) is 6.46. The van der Waals surface area contributed by atoms with Crippen molar-refractivity contribution in [1.82, 2.24) is 20.2 Å². The number of carbonyl (C=O) groups is 1. The zero-order valence-electron chi connectivity index (χ0n) is 14.1. The van der Waals surface area contributed by atoms with Gasteiger partial charge >= 0.3 is 0 Å². The summed E-state index contributed by atoms with van der Waals surface area (Å²) in [6, 6.07) is 6.48. The Morgan fingerprint density at radius 1 is 1.36 bits per heavy atom. The first-order valence-corrected chi connectivity index (χ1v) is 9.42. The van der Waals surface area contributed by atoms with Gasteiger partial charge in [0.1, 0.15) is 5.82 Å². The molecule has 1 heterocycles. The standard InChI is InChI=1S/C17H22FN5OS/c1-11-6-2-5-9-14(11)20-15(24)10-25-17-22-21-16(23(17)19)12-7-3-4-8-13(12)18/h3-4,7-8,11,14H,2,5-6,9-10,19H2,1H3,(H,20,24)/t11-,14+/m1/s1. The Kier molecular flexibility index (Phi) is 5.57. The highest BCUT2D eigenvalue weighted by molar-refractivity contribution is 7.99. The molecule has 1 saturated carbocycles. The van der Waals surface area contributed by atoms with Gasteiger partial charge in [0.2, 0.25) is 11.1 Å². The van der Waals surface area contributed by atoms with Gasteiger partial charge in [-0.3, -0.25) is 4.79 Å². The quantitative estimate of drug-likeness (QED) is 0.630. The average Bonchev–Trinajstić information content (AvgIpc) is 2.96. The highest BCUT2D eigenvalue weighted by atomic mass is 32.2. The topological polar surface area (TPSA) is 85.8 Å². The Morgan fingerprint density at radius 3 is 2.88 bits per heavy atom. The zero-order chi connectivity index (χ0) is 17.8. The Labute approximate surface area is 150 Å². The van der Waals surface area contributed by atoms with Gasteiger partial charge in [0, 0.05) is 6.04 Å². The molecule has 0 aliphatic heterocycles. The van der Waals surface area contributed by atoms with Gasteiger partial charge in [0.05, 0.1) is 11.3 Å². The van der Waals surface area contributed by atoms with Crippen molar-refractivity contribution in [2.75, 3.05) is 11.6 Å². The highest BCUT2D eigenvalue weighted by Crippen LogP contribution is 2.25. The van der Waals surface area contributed by atoms with Gasteiger partial charge in [-0.05, 0) is 30.9 Å². The summed E-state index contributed by atoms with van der Waals surface area (Å²) in [5.41, 5.74) is 0.282. The molecule has 3 N–H and O–H groups in total. The van der Waals surface area contributed by atoms with Crippen LogP contribution in [0.4, 0.5) is 4.39 Å². The number of hydrogen-bond donors (Lipinski definition) is 2. The molecular formula is C17H22FN5OS. The first-order valence-electron chi connectivity index (χ1n) is 8.44. The number of amides is 1. The van der Waals surface area contributed by atoms with Crippen LogP contribution in [0.5, 0.6) is 0 Å². The minimum Gasteiger partial charge on any atom is -0.352 e. The van der Waals surface area contributed by atoms with E-state index in [-0.39, 0.29) is 29.1 Å². The molecule has 3 rings (SSSR count). The lowest BCUT2D eigenvalue weighted by Crippen LogP contribution is -2.41. The Morgan fingerprint density at radius 2 is 2.12 bits per heavy atom. The molecule has 2 aromatic rings. The molecule has 2 atom stereocenters. The van der Waals surface area contributed by atoms with Crippen LogP contribution >= 0.6 is 11.8 Å². The highest BCUT2D eigenvalue weighted by Gasteiger charge is 2.23. The molecule has 6 nitrogen and oxygen atoms in total. The van der Waals surface area contributed by atoms with Gasteiger partial charge in [-0.25, -0.2) is 9.07 Å². The van der Waals surface area contributed by atoms with Crippen molar-refractivity contribution in [2.24, 2.45) is 5.92 Å². The molecule has 134 valence electrons. The smallest absolute Gasteiger partial charge is 0.230 e. The third kappa shape index (κ3) is 4.12. The lowest BCUT2D eigenvalue weighted by Gasteiger charge is -2.29. The molecule has 1 aromatic heterocycles. The Bertz CT molecular complexity index is 750. The number of nitrogens with one attached hydrogen (secondary N) is 1. The van der Waals surface area contributed by atoms with Crippen LogP contribution in [0.1, 0.15) is 32.6 Å². The van der Waals surface area contributed by atoms with Crippen LogP contribution in [0.15, 0.2) is 29.4 Å². The Balaban J connectivity index is 1.60. The number of rotatable bonds is 5. The van der Waals surface area contributed by atoms with Gasteiger partial charge in [0.25, 0.3) is 0 Å². The molecule has 0 radical (unpaired) electrons. The van der Waals surface area contributed by atoms with E-state index in [1.807, 2.05) is 0 Å². The van der Waals surface area contributed by atoms with E-state index in [2.05, 4.69) is 22.4 Å². The van der Waals surface area contributed by atoms with E-state index in [4.69, 9.17) is 5.84 Å². The summed E-state index contributed by atoms with van der Waals surface area (Å²) < 4.78 is 15.1. The minimum atomic E-state index is -0.415. The lowest BCUT2D eigenvalue weighted by atomic mass is 9.86. The summed E-state index contributed by atoms with van der Waals surface area (Å²) in [7, 11) is 0. The van der Waals surface area contributed by atoms with E-state index < -0.39 is 5.82 Å². The monoisotopic (exact) mass is 363 g/mol. The van der Waals surface area contributed by atoms with Crippen molar-refractivity contribution < 1.29 is 9.18 Å². The summed E-state index contributed by atoms with van der Waals surface area (Å²) in [5, 5.41) is 11.4. The second-order valence-corrected chi connectivity index (χ2v) is 7.32. The number of aromatic nitrogens is 3. The van der Waals surface area contributed by atoms with Gasteiger partial charge < -0.3 is 11.2 Å². The number of nitrogens with zero attached hydrogens (tertiary/aromatic N) is 3. The fraction of sp³-hybridized carbons (Fsp3) is 0.471. The number of hydrogen-bond acceptors (Lipinski definition) is 5. The van der Waals surface area contributed by atoms with Crippen molar-refractivity contribution in [3.63, 3.8) is 0 Å². The maximum atomic E-state index is 13.9. The summed E-state index contributed by atoms with van der Waals surface area (Å²) >= 11 is 1.20. The number of benzene rings is 1. The molecule has 1 aliphatic rings. The van der Waals surface area contributed by atoms with Gasteiger partial charge in [-0.15, -0.1) is 10.2 Å². The van der Waals surface area contributed by atoms with Crippen molar-refractivity contribution in [2.45, 2.75) is 43.8 Å². The summed E-state index contributed by atoms with van der Waals surface area (Å²) in [6.45, 7) is 2.18. The van der Waals surface area contributed by atoms with Gasteiger partial charge in [-0.1, -0.05) is 43.7 Å². The molecule has 8 heteroatoms. The van der Waals surface area contributed by atoms with Crippen LogP contribution in [0.2, 0.25) is 0 Å². The van der Waals surface area contributed by atoms with Crippen molar-refractivity contribution in [3.05, 3.63) is 30.1 Å². The van der Waals surface area contributed by atoms with Gasteiger partial charge in [0.15, 0.2) is 5.82 Å². The van der Waals surface area contributed by atoms with E-state index in [1.54, 1.807) is 18.2 Å². The zero-order valence-corrected chi connectivity index (χ0v) is 14.9. The van der Waals surface area contributed by atoms with E-state index in [1.165, 1.54) is 28.9 Å². The molecular weight excluding hydrogens is 341 g/mol. The van der Waals surface area contributed by atoms with Crippen LogP contribution in [-0.2, 0) is 4.79 Å². The maximum absolute atomic E-state index is 13.9. The van der Waals surface area contributed by atoms with E-state index in [0.717, 1.165) is 19.3 Å². The molecule has 0 spiro atoms. The number of carbonyl (C=O) groups excluding carboxylic acids is 1. The minimum absolute atomic E-state index is 0.0424. The molecule has 1 amide bonds. The lowest BCUT2D eigenvalue weighted by molar-refractivity contribution is -0.119. The van der Waals surface area contributed by atoms with E-state index >= 15 is 0 Å².